The number of hydrogen-bond acceptors (Lipinski definition) is 5. The third-order valence-electron chi connectivity index (χ3n) is 4.76. The zero-order valence-corrected chi connectivity index (χ0v) is 14.9. The van der Waals surface area contributed by atoms with E-state index in [-0.39, 0.29) is 11.6 Å². The van der Waals surface area contributed by atoms with Crippen molar-refractivity contribution in [3.8, 4) is 0 Å². The average Bonchev–Trinajstić information content (AvgIpc) is 3.08. The van der Waals surface area contributed by atoms with Gasteiger partial charge in [0.05, 0.1) is 6.04 Å². The van der Waals surface area contributed by atoms with Crippen LogP contribution in [0.15, 0.2) is 33.2 Å². The number of thiophene rings is 1. The molecule has 0 aromatic carbocycles. The number of aromatic amines is 1. The highest BCUT2D eigenvalue weighted by Crippen LogP contribution is 2.29. The molecular formula is C17H24N4O2S. The van der Waals surface area contributed by atoms with Gasteiger partial charge >= 0.3 is 5.69 Å². The van der Waals surface area contributed by atoms with Gasteiger partial charge in [0, 0.05) is 24.5 Å². The Morgan fingerprint density at radius 2 is 2.12 bits per heavy atom. The maximum absolute atomic E-state index is 11.8. The largest absolute Gasteiger partial charge is 0.369 e. The van der Waals surface area contributed by atoms with Gasteiger partial charge in [-0.3, -0.25) is 19.2 Å². The molecule has 3 heterocycles. The van der Waals surface area contributed by atoms with Crippen LogP contribution < -0.4 is 16.6 Å². The van der Waals surface area contributed by atoms with Crippen LogP contribution in [0.25, 0.3) is 0 Å². The highest BCUT2D eigenvalue weighted by atomic mass is 32.1. The molecule has 2 N–H and O–H groups in total. The van der Waals surface area contributed by atoms with Crippen molar-refractivity contribution in [2.24, 2.45) is 13.0 Å². The van der Waals surface area contributed by atoms with Crippen molar-refractivity contribution in [1.82, 2.24) is 14.5 Å². The zero-order chi connectivity index (χ0) is 17.1. The molecule has 2 aromatic rings. The Labute approximate surface area is 145 Å². The molecule has 1 atom stereocenters. The van der Waals surface area contributed by atoms with Crippen molar-refractivity contribution in [2.45, 2.75) is 25.8 Å². The van der Waals surface area contributed by atoms with Gasteiger partial charge in [-0.15, -0.1) is 11.3 Å². The first kappa shape index (κ1) is 17.0. The summed E-state index contributed by atoms with van der Waals surface area (Å²) in [5.74, 6) is 1.27. The molecule has 7 heteroatoms. The van der Waals surface area contributed by atoms with E-state index in [1.54, 1.807) is 11.3 Å². The normalized spacial score (nSPS) is 17.8. The fourth-order valence-corrected chi connectivity index (χ4v) is 3.95. The summed E-state index contributed by atoms with van der Waals surface area (Å²) >= 11 is 1.75. The van der Waals surface area contributed by atoms with Crippen molar-refractivity contribution < 1.29 is 0 Å². The lowest BCUT2D eigenvalue weighted by Crippen LogP contribution is -2.39. The molecule has 0 saturated carbocycles. The summed E-state index contributed by atoms with van der Waals surface area (Å²) in [4.78, 5) is 30.0. The number of H-pyrrole nitrogens is 1. The third kappa shape index (κ3) is 3.79. The molecule has 0 radical (unpaired) electrons. The summed E-state index contributed by atoms with van der Waals surface area (Å²) in [6.45, 7) is 5.13. The molecule has 1 fully saturated rings. The zero-order valence-electron chi connectivity index (χ0n) is 14.1. The number of nitrogens with one attached hydrogen (secondary N) is 2. The minimum Gasteiger partial charge on any atom is -0.369 e. The number of rotatable bonds is 5. The van der Waals surface area contributed by atoms with E-state index in [0.29, 0.717) is 12.4 Å². The second-order valence-corrected chi connectivity index (χ2v) is 7.50. The van der Waals surface area contributed by atoms with E-state index >= 15 is 0 Å². The summed E-state index contributed by atoms with van der Waals surface area (Å²) in [6.07, 6.45) is 2.43. The minimum absolute atomic E-state index is 0.255. The van der Waals surface area contributed by atoms with Gasteiger partial charge in [-0.25, -0.2) is 4.79 Å². The summed E-state index contributed by atoms with van der Waals surface area (Å²) in [6, 6.07) is 5.91. The predicted molar refractivity (Wildman–Crippen MR) is 97.8 cm³/mol. The van der Waals surface area contributed by atoms with Crippen LogP contribution in [0, 0.1) is 5.92 Å². The van der Waals surface area contributed by atoms with E-state index in [9.17, 15) is 9.59 Å². The predicted octanol–water partition coefficient (Wildman–Crippen LogP) is 2.02. The molecule has 0 bridgehead atoms. The molecule has 6 nitrogen and oxygen atoms in total. The van der Waals surface area contributed by atoms with E-state index in [4.69, 9.17) is 0 Å². The molecule has 3 rings (SSSR count). The highest BCUT2D eigenvalue weighted by molar-refractivity contribution is 7.10. The monoisotopic (exact) mass is 348 g/mol. The Kier molecular flexibility index (Phi) is 5.20. The standard InChI is InChI=1S/C17H24N4O2S/c1-12-5-7-21(8-6-12)13(14-4-3-9-24-14)11-18-15-10-16(22)20(2)17(23)19-15/h3-4,9-10,12-13,18H,5-8,11H2,1-2H3,(H,19,23). The third-order valence-corrected chi connectivity index (χ3v) is 5.73. The van der Waals surface area contributed by atoms with E-state index in [1.807, 2.05) is 0 Å². The van der Waals surface area contributed by atoms with Crippen LogP contribution in [0.2, 0.25) is 0 Å². The number of aromatic nitrogens is 2. The first-order valence-corrected chi connectivity index (χ1v) is 9.24. The number of piperidine rings is 1. The molecule has 1 unspecified atom stereocenters. The Bertz CT molecular complexity index is 741. The number of hydrogen-bond donors (Lipinski definition) is 2. The van der Waals surface area contributed by atoms with E-state index < -0.39 is 5.69 Å². The summed E-state index contributed by atoms with van der Waals surface area (Å²) in [5.41, 5.74) is -0.704. The molecular weight excluding hydrogens is 324 g/mol. The summed E-state index contributed by atoms with van der Waals surface area (Å²) in [7, 11) is 1.47. The summed E-state index contributed by atoms with van der Waals surface area (Å²) in [5, 5.41) is 5.34. The van der Waals surface area contributed by atoms with Crippen molar-refractivity contribution in [3.63, 3.8) is 0 Å². The first-order chi connectivity index (χ1) is 11.5. The van der Waals surface area contributed by atoms with Gasteiger partial charge in [0.15, 0.2) is 0 Å². The number of anilines is 1. The van der Waals surface area contributed by atoms with Crippen molar-refractivity contribution in [1.29, 1.82) is 0 Å². The van der Waals surface area contributed by atoms with Gasteiger partial charge in [0.1, 0.15) is 5.82 Å². The lowest BCUT2D eigenvalue weighted by molar-refractivity contribution is 0.145. The molecule has 1 saturated heterocycles. The Balaban J connectivity index is 1.75. The van der Waals surface area contributed by atoms with Crippen LogP contribution in [0.5, 0.6) is 0 Å². The second kappa shape index (κ2) is 7.36. The maximum Gasteiger partial charge on any atom is 0.329 e. The molecule has 0 amide bonds. The van der Waals surface area contributed by atoms with Gasteiger partial charge in [0.25, 0.3) is 5.56 Å². The van der Waals surface area contributed by atoms with Gasteiger partial charge in [-0.1, -0.05) is 13.0 Å². The highest BCUT2D eigenvalue weighted by Gasteiger charge is 2.25. The number of nitrogens with zero attached hydrogens (tertiary/aromatic N) is 2. The fourth-order valence-electron chi connectivity index (χ4n) is 3.09. The van der Waals surface area contributed by atoms with E-state index in [1.165, 1.54) is 30.8 Å². The average molecular weight is 348 g/mol. The van der Waals surface area contributed by atoms with E-state index in [0.717, 1.165) is 23.6 Å². The van der Waals surface area contributed by atoms with Crippen molar-refractivity contribution in [2.75, 3.05) is 25.0 Å². The molecule has 1 aliphatic rings. The quantitative estimate of drug-likeness (QED) is 0.867. The van der Waals surface area contributed by atoms with Crippen LogP contribution in [-0.2, 0) is 7.05 Å². The van der Waals surface area contributed by atoms with E-state index in [2.05, 4.69) is 39.6 Å². The van der Waals surface area contributed by atoms with Crippen molar-refractivity contribution >= 4 is 17.2 Å². The lowest BCUT2D eigenvalue weighted by Gasteiger charge is -2.36. The van der Waals surface area contributed by atoms with Crippen LogP contribution in [0.1, 0.15) is 30.7 Å². The Morgan fingerprint density at radius 1 is 1.38 bits per heavy atom. The minimum atomic E-state index is -0.399. The molecule has 1 aliphatic heterocycles. The Hall–Kier alpha value is -1.86. The molecule has 0 aliphatic carbocycles. The summed E-state index contributed by atoms with van der Waals surface area (Å²) < 4.78 is 1.06. The topological polar surface area (TPSA) is 70.1 Å². The van der Waals surface area contributed by atoms with Gasteiger partial charge < -0.3 is 5.32 Å². The first-order valence-electron chi connectivity index (χ1n) is 8.36. The molecule has 2 aromatic heterocycles. The Morgan fingerprint density at radius 3 is 2.75 bits per heavy atom. The maximum atomic E-state index is 11.8. The molecule has 24 heavy (non-hydrogen) atoms. The SMILES string of the molecule is CC1CCN(C(CNc2cc(=O)n(C)c(=O)[nH]2)c2cccs2)CC1. The van der Waals surface area contributed by atoms with Crippen LogP contribution in [0.4, 0.5) is 5.82 Å². The smallest absolute Gasteiger partial charge is 0.329 e. The lowest BCUT2D eigenvalue weighted by atomic mass is 9.97. The van der Waals surface area contributed by atoms with Crippen LogP contribution >= 0.6 is 11.3 Å². The second-order valence-electron chi connectivity index (χ2n) is 6.52. The van der Waals surface area contributed by atoms with Gasteiger partial charge in [-0.2, -0.15) is 0 Å². The molecule has 130 valence electrons. The van der Waals surface area contributed by atoms with Gasteiger partial charge in [0.2, 0.25) is 0 Å². The van der Waals surface area contributed by atoms with Crippen molar-refractivity contribution in [3.05, 3.63) is 49.3 Å². The fraction of sp³-hybridized carbons (Fsp3) is 0.529. The van der Waals surface area contributed by atoms with Crippen LogP contribution in [0.3, 0.4) is 0 Å². The van der Waals surface area contributed by atoms with Crippen LogP contribution in [-0.4, -0.2) is 34.1 Å². The number of likely N-dealkylation sites (tertiary alicyclic amines) is 1. The molecule has 0 spiro atoms. The van der Waals surface area contributed by atoms with Gasteiger partial charge in [-0.05, 0) is 43.3 Å².